The fourth-order valence-corrected chi connectivity index (χ4v) is 1.70. The molecule has 86 valence electrons. The highest BCUT2D eigenvalue weighted by Gasteiger charge is 2.08. The zero-order valence-corrected chi connectivity index (χ0v) is 9.74. The molecule has 3 nitrogen and oxygen atoms in total. The van der Waals surface area contributed by atoms with E-state index >= 15 is 0 Å². The van der Waals surface area contributed by atoms with Crippen molar-refractivity contribution in [3.8, 4) is 0 Å². The van der Waals surface area contributed by atoms with Crippen LogP contribution >= 0.6 is 11.6 Å². The van der Waals surface area contributed by atoms with Crippen molar-refractivity contribution >= 4 is 28.9 Å². The molecule has 0 radical (unpaired) electrons. The smallest absolute Gasteiger partial charge is 0.250 e. The van der Waals surface area contributed by atoms with Crippen molar-refractivity contribution in [2.24, 2.45) is 5.73 Å². The predicted molar refractivity (Wildman–Crippen MR) is 69.7 cm³/mol. The van der Waals surface area contributed by atoms with E-state index in [4.69, 9.17) is 17.3 Å². The summed E-state index contributed by atoms with van der Waals surface area (Å²) in [7, 11) is 0. The van der Waals surface area contributed by atoms with Gasteiger partial charge in [0, 0.05) is 0 Å². The first-order chi connectivity index (χ1) is 8.18. The standard InChI is InChI=1S/C13H11ClN2O/c14-10-6-2-4-8-12(10)16-11-7-3-1-5-9(11)13(15)17/h1-8,16H,(H2,15,17). The summed E-state index contributed by atoms with van der Waals surface area (Å²) >= 11 is 6.03. The number of hydrogen-bond acceptors (Lipinski definition) is 2. The van der Waals surface area contributed by atoms with E-state index in [9.17, 15) is 4.79 Å². The lowest BCUT2D eigenvalue weighted by molar-refractivity contribution is 0.100. The molecular formula is C13H11ClN2O. The molecule has 0 spiro atoms. The van der Waals surface area contributed by atoms with Crippen LogP contribution in [0.2, 0.25) is 5.02 Å². The molecule has 0 bridgehead atoms. The number of carbonyl (C=O) groups excluding carboxylic acids is 1. The van der Waals surface area contributed by atoms with Gasteiger partial charge in [0.15, 0.2) is 0 Å². The number of benzene rings is 2. The molecule has 0 unspecified atom stereocenters. The molecule has 0 aromatic heterocycles. The Bertz CT molecular complexity index is 555. The molecule has 0 saturated heterocycles. The number of halogens is 1. The Balaban J connectivity index is 2.37. The molecule has 2 aromatic rings. The van der Waals surface area contributed by atoms with Gasteiger partial charge in [-0.25, -0.2) is 0 Å². The fraction of sp³-hybridized carbons (Fsp3) is 0. The van der Waals surface area contributed by atoms with Gasteiger partial charge < -0.3 is 11.1 Å². The summed E-state index contributed by atoms with van der Waals surface area (Å²) in [5.74, 6) is -0.472. The molecule has 0 atom stereocenters. The molecule has 0 aliphatic carbocycles. The Morgan fingerprint density at radius 2 is 1.59 bits per heavy atom. The second-order valence-electron chi connectivity index (χ2n) is 3.51. The Hall–Kier alpha value is -2.00. The van der Waals surface area contributed by atoms with Crippen molar-refractivity contribution < 1.29 is 4.79 Å². The van der Waals surface area contributed by atoms with Gasteiger partial charge in [0.25, 0.3) is 5.91 Å². The summed E-state index contributed by atoms with van der Waals surface area (Å²) in [6.07, 6.45) is 0. The lowest BCUT2D eigenvalue weighted by Gasteiger charge is -2.10. The van der Waals surface area contributed by atoms with Crippen LogP contribution in [0.4, 0.5) is 11.4 Å². The second kappa shape index (κ2) is 4.89. The van der Waals surface area contributed by atoms with E-state index in [1.807, 2.05) is 24.3 Å². The van der Waals surface area contributed by atoms with Gasteiger partial charge >= 0.3 is 0 Å². The molecule has 3 N–H and O–H groups in total. The van der Waals surface area contributed by atoms with Gasteiger partial charge in [-0.15, -0.1) is 0 Å². The highest BCUT2D eigenvalue weighted by Crippen LogP contribution is 2.26. The first-order valence-electron chi connectivity index (χ1n) is 5.09. The van der Waals surface area contributed by atoms with E-state index in [1.165, 1.54) is 0 Å². The van der Waals surface area contributed by atoms with Crippen LogP contribution in [0.25, 0.3) is 0 Å². The van der Waals surface area contributed by atoms with Gasteiger partial charge in [0.1, 0.15) is 0 Å². The molecule has 2 aromatic carbocycles. The zero-order chi connectivity index (χ0) is 12.3. The van der Waals surface area contributed by atoms with Gasteiger partial charge in [0.05, 0.1) is 22.0 Å². The average Bonchev–Trinajstić information content (AvgIpc) is 2.32. The van der Waals surface area contributed by atoms with E-state index in [-0.39, 0.29) is 0 Å². The molecule has 0 saturated carbocycles. The Kier molecular flexibility index (Phi) is 3.30. The van der Waals surface area contributed by atoms with Gasteiger partial charge in [0.2, 0.25) is 0 Å². The van der Waals surface area contributed by atoms with Gasteiger partial charge in [-0.05, 0) is 24.3 Å². The zero-order valence-electron chi connectivity index (χ0n) is 8.98. The Morgan fingerprint density at radius 3 is 2.24 bits per heavy atom. The Morgan fingerprint density at radius 1 is 1.00 bits per heavy atom. The molecule has 0 aliphatic heterocycles. The molecule has 0 fully saturated rings. The number of nitrogens with two attached hydrogens (primary N) is 1. The maximum absolute atomic E-state index is 11.2. The largest absolute Gasteiger partial charge is 0.366 e. The molecule has 1 amide bonds. The number of para-hydroxylation sites is 2. The summed E-state index contributed by atoms with van der Waals surface area (Å²) in [5, 5.41) is 3.68. The second-order valence-corrected chi connectivity index (χ2v) is 3.92. The lowest BCUT2D eigenvalue weighted by atomic mass is 10.1. The minimum atomic E-state index is -0.472. The predicted octanol–water partition coefficient (Wildman–Crippen LogP) is 3.18. The maximum atomic E-state index is 11.2. The third-order valence-corrected chi connectivity index (χ3v) is 2.67. The number of nitrogens with one attached hydrogen (secondary N) is 1. The summed E-state index contributed by atoms with van der Waals surface area (Å²) in [6, 6.07) is 14.3. The summed E-state index contributed by atoms with van der Waals surface area (Å²) in [4.78, 5) is 11.2. The van der Waals surface area contributed by atoms with E-state index in [0.29, 0.717) is 16.3 Å². The number of carbonyl (C=O) groups is 1. The van der Waals surface area contributed by atoms with Crippen LogP contribution in [0, 0.1) is 0 Å². The third-order valence-electron chi connectivity index (χ3n) is 2.34. The summed E-state index contributed by atoms with van der Waals surface area (Å²) in [5.41, 5.74) is 7.12. The molecule has 4 heteroatoms. The van der Waals surface area contributed by atoms with Crippen LogP contribution in [0.15, 0.2) is 48.5 Å². The van der Waals surface area contributed by atoms with E-state index in [0.717, 1.165) is 5.69 Å². The molecule has 0 heterocycles. The normalized spacial score (nSPS) is 9.94. The van der Waals surface area contributed by atoms with Crippen molar-refractivity contribution in [2.75, 3.05) is 5.32 Å². The number of amides is 1. The van der Waals surface area contributed by atoms with Crippen LogP contribution in [0.1, 0.15) is 10.4 Å². The first-order valence-corrected chi connectivity index (χ1v) is 5.46. The quantitative estimate of drug-likeness (QED) is 0.874. The highest BCUT2D eigenvalue weighted by atomic mass is 35.5. The molecule has 17 heavy (non-hydrogen) atoms. The first kappa shape index (κ1) is 11.5. The van der Waals surface area contributed by atoms with Gasteiger partial charge in [-0.1, -0.05) is 35.9 Å². The molecule has 0 aliphatic rings. The van der Waals surface area contributed by atoms with Gasteiger partial charge in [-0.2, -0.15) is 0 Å². The maximum Gasteiger partial charge on any atom is 0.250 e. The Labute approximate surface area is 104 Å². The van der Waals surface area contributed by atoms with E-state index in [2.05, 4.69) is 5.32 Å². The average molecular weight is 247 g/mol. The van der Waals surface area contributed by atoms with Crippen molar-refractivity contribution in [2.45, 2.75) is 0 Å². The number of hydrogen-bond donors (Lipinski definition) is 2. The third kappa shape index (κ3) is 2.57. The fourth-order valence-electron chi connectivity index (χ4n) is 1.51. The van der Waals surface area contributed by atoms with Crippen LogP contribution in [0.5, 0.6) is 0 Å². The van der Waals surface area contributed by atoms with E-state index in [1.54, 1.807) is 24.3 Å². The number of rotatable bonds is 3. The highest BCUT2D eigenvalue weighted by molar-refractivity contribution is 6.33. The van der Waals surface area contributed by atoms with Crippen molar-refractivity contribution in [3.63, 3.8) is 0 Å². The van der Waals surface area contributed by atoms with Crippen molar-refractivity contribution in [3.05, 3.63) is 59.1 Å². The van der Waals surface area contributed by atoms with Gasteiger partial charge in [-0.3, -0.25) is 4.79 Å². The van der Waals surface area contributed by atoms with E-state index < -0.39 is 5.91 Å². The van der Waals surface area contributed by atoms with Crippen molar-refractivity contribution in [1.29, 1.82) is 0 Å². The van der Waals surface area contributed by atoms with Crippen LogP contribution in [-0.4, -0.2) is 5.91 Å². The molecular weight excluding hydrogens is 236 g/mol. The monoisotopic (exact) mass is 246 g/mol. The summed E-state index contributed by atoms with van der Waals surface area (Å²) < 4.78 is 0. The topological polar surface area (TPSA) is 55.1 Å². The number of primary amides is 1. The van der Waals surface area contributed by atoms with Crippen molar-refractivity contribution in [1.82, 2.24) is 0 Å². The van der Waals surface area contributed by atoms with Crippen LogP contribution in [-0.2, 0) is 0 Å². The van der Waals surface area contributed by atoms with Crippen LogP contribution < -0.4 is 11.1 Å². The lowest BCUT2D eigenvalue weighted by Crippen LogP contribution is -2.13. The minimum absolute atomic E-state index is 0.437. The SMILES string of the molecule is NC(=O)c1ccccc1Nc1ccccc1Cl. The minimum Gasteiger partial charge on any atom is -0.366 e. The molecule has 2 rings (SSSR count). The summed E-state index contributed by atoms with van der Waals surface area (Å²) in [6.45, 7) is 0. The number of anilines is 2. The van der Waals surface area contributed by atoms with Crippen LogP contribution in [0.3, 0.4) is 0 Å².